The van der Waals surface area contributed by atoms with E-state index in [0.29, 0.717) is 6.42 Å². The van der Waals surface area contributed by atoms with Crippen LogP contribution in [-0.4, -0.2) is 11.5 Å². The van der Waals surface area contributed by atoms with Gasteiger partial charge in [-0.1, -0.05) is 0 Å². The maximum absolute atomic E-state index is 10.4. The molecule has 0 bridgehead atoms. The Balaban J connectivity index is 2.33. The zero-order chi connectivity index (χ0) is 11.8. The molecule has 0 unspecified atom stereocenters. The number of nitrogens with zero attached hydrogens (tertiary/aromatic N) is 2. The van der Waals surface area contributed by atoms with Gasteiger partial charge in [0.1, 0.15) is 0 Å². The molecule has 0 amide bonds. The van der Waals surface area contributed by atoms with Crippen LogP contribution in [-0.2, 0) is 0 Å². The smallest absolute Gasteiger partial charge is 0.269 e. The first-order valence-electron chi connectivity index (χ1n) is 5.09. The minimum absolute atomic E-state index is 0.0926. The molecular formula is C11H13N3O2. The molecule has 1 aromatic carbocycles. The lowest BCUT2D eigenvalue weighted by Gasteiger charge is -2.04. The Morgan fingerprint density at radius 1 is 1.31 bits per heavy atom. The van der Waals surface area contributed by atoms with Gasteiger partial charge in [-0.15, -0.1) is 0 Å². The van der Waals surface area contributed by atoms with E-state index in [-0.39, 0.29) is 5.69 Å². The molecule has 1 rings (SSSR count). The summed E-state index contributed by atoms with van der Waals surface area (Å²) in [7, 11) is 0. The molecule has 0 radical (unpaired) electrons. The third kappa shape index (κ3) is 3.96. The number of hydrogen-bond acceptors (Lipinski definition) is 4. The van der Waals surface area contributed by atoms with E-state index in [0.717, 1.165) is 25.1 Å². The van der Waals surface area contributed by atoms with Crippen LogP contribution in [0.25, 0.3) is 0 Å². The Morgan fingerprint density at radius 3 is 2.56 bits per heavy atom. The molecule has 0 atom stereocenters. The number of nitriles is 1. The SMILES string of the molecule is N#CCCCCNc1ccc([N+](=O)[O-])cc1. The minimum Gasteiger partial charge on any atom is -0.385 e. The lowest BCUT2D eigenvalue weighted by atomic mass is 10.2. The molecule has 0 aliphatic heterocycles. The number of nitrogens with one attached hydrogen (secondary N) is 1. The van der Waals surface area contributed by atoms with Crippen molar-refractivity contribution in [1.29, 1.82) is 5.26 Å². The fourth-order valence-electron chi connectivity index (χ4n) is 1.26. The first-order chi connectivity index (χ1) is 7.74. The normalized spacial score (nSPS) is 9.44. The molecule has 0 spiro atoms. The summed E-state index contributed by atoms with van der Waals surface area (Å²) < 4.78 is 0. The number of non-ortho nitro benzene ring substituents is 1. The second-order valence-electron chi connectivity index (χ2n) is 3.35. The quantitative estimate of drug-likeness (QED) is 0.453. The Hall–Kier alpha value is -2.09. The molecule has 1 N–H and O–H groups in total. The van der Waals surface area contributed by atoms with Crippen LogP contribution in [0.15, 0.2) is 24.3 Å². The molecule has 16 heavy (non-hydrogen) atoms. The molecule has 1 aromatic rings. The van der Waals surface area contributed by atoms with Gasteiger partial charge in [-0.05, 0) is 25.0 Å². The van der Waals surface area contributed by atoms with E-state index in [4.69, 9.17) is 5.26 Å². The van der Waals surface area contributed by atoms with Crippen molar-refractivity contribution in [2.45, 2.75) is 19.3 Å². The number of nitro groups is 1. The van der Waals surface area contributed by atoms with Gasteiger partial charge in [-0.25, -0.2) is 0 Å². The Labute approximate surface area is 93.9 Å². The lowest BCUT2D eigenvalue weighted by Crippen LogP contribution is -2.01. The third-order valence-corrected chi connectivity index (χ3v) is 2.12. The van der Waals surface area contributed by atoms with Gasteiger partial charge in [0.05, 0.1) is 11.0 Å². The summed E-state index contributed by atoms with van der Waals surface area (Å²) in [5.41, 5.74) is 0.956. The number of anilines is 1. The van der Waals surface area contributed by atoms with Gasteiger partial charge in [0.25, 0.3) is 5.69 Å². The maximum atomic E-state index is 10.4. The summed E-state index contributed by atoms with van der Waals surface area (Å²) in [6, 6.07) is 8.39. The molecule has 0 saturated heterocycles. The topological polar surface area (TPSA) is 79.0 Å². The summed E-state index contributed by atoms with van der Waals surface area (Å²) in [5.74, 6) is 0. The van der Waals surface area contributed by atoms with E-state index in [1.807, 2.05) is 0 Å². The van der Waals surface area contributed by atoms with Crippen LogP contribution < -0.4 is 5.32 Å². The molecule has 0 aliphatic rings. The predicted octanol–water partition coefficient (Wildman–Crippen LogP) is 2.70. The highest BCUT2D eigenvalue weighted by Gasteiger charge is 2.02. The standard InChI is InChI=1S/C11H13N3O2/c12-8-2-1-3-9-13-10-4-6-11(7-5-10)14(15)16/h4-7,13H,1-3,9H2. The van der Waals surface area contributed by atoms with Gasteiger partial charge in [0, 0.05) is 30.8 Å². The Morgan fingerprint density at radius 2 is 2.00 bits per heavy atom. The van der Waals surface area contributed by atoms with Crippen molar-refractivity contribution in [3.05, 3.63) is 34.4 Å². The second kappa shape index (κ2) is 6.40. The third-order valence-electron chi connectivity index (χ3n) is 2.12. The number of unbranched alkanes of at least 4 members (excludes halogenated alkanes) is 2. The summed E-state index contributed by atoms with van der Waals surface area (Å²) in [6.07, 6.45) is 2.36. The highest BCUT2D eigenvalue weighted by atomic mass is 16.6. The highest BCUT2D eigenvalue weighted by Crippen LogP contribution is 2.15. The van der Waals surface area contributed by atoms with E-state index in [9.17, 15) is 10.1 Å². The first kappa shape index (κ1) is 12.0. The van der Waals surface area contributed by atoms with Gasteiger partial charge in [0.2, 0.25) is 0 Å². The molecule has 0 heterocycles. The number of hydrogen-bond donors (Lipinski definition) is 1. The molecule has 84 valence electrons. The van der Waals surface area contributed by atoms with Crippen molar-refractivity contribution in [2.24, 2.45) is 0 Å². The van der Waals surface area contributed by atoms with E-state index in [1.165, 1.54) is 12.1 Å². The van der Waals surface area contributed by atoms with Crippen molar-refractivity contribution < 1.29 is 4.92 Å². The number of rotatable bonds is 6. The largest absolute Gasteiger partial charge is 0.385 e. The van der Waals surface area contributed by atoms with Gasteiger partial charge >= 0.3 is 0 Å². The van der Waals surface area contributed by atoms with Crippen LogP contribution >= 0.6 is 0 Å². The number of benzene rings is 1. The van der Waals surface area contributed by atoms with Gasteiger partial charge < -0.3 is 5.32 Å². The first-order valence-corrected chi connectivity index (χ1v) is 5.09. The van der Waals surface area contributed by atoms with E-state index in [1.54, 1.807) is 12.1 Å². The summed E-state index contributed by atoms with van der Waals surface area (Å²) >= 11 is 0. The molecule has 0 fully saturated rings. The lowest BCUT2D eigenvalue weighted by molar-refractivity contribution is -0.384. The summed E-state index contributed by atoms with van der Waals surface area (Å²) in [4.78, 5) is 9.98. The Kier molecular flexibility index (Phi) is 4.80. The van der Waals surface area contributed by atoms with Crippen LogP contribution in [0.2, 0.25) is 0 Å². The molecule has 5 nitrogen and oxygen atoms in total. The molecule has 0 aliphatic carbocycles. The zero-order valence-electron chi connectivity index (χ0n) is 8.85. The number of nitro benzene ring substituents is 1. The molecule has 0 aromatic heterocycles. The highest BCUT2D eigenvalue weighted by molar-refractivity contribution is 5.48. The molecule has 0 saturated carbocycles. The zero-order valence-corrected chi connectivity index (χ0v) is 8.85. The summed E-state index contributed by atoms with van der Waals surface area (Å²) in [6.45, 7) is 0.777. The van der Waals surface area contributed by atoms with Crippen molar-refractivity contribution in [3.63, 3.8) is 0 Å². The predicted molar refractivity (Wildman–Crippen MR) is 61.1 cm³/mol. The van der Waals surface area contributed by atoms with Crippen LogP contribution in [0.3, 0.4) is 0 Å². The van der Waals surface area contributed by atoms with Crippen LogP contribution in [0.5, 0.6) is 0 Å². The van der Waals surface area contributed by atoms with Crippen molar-refractivity contribution >= 4 is 11.4 Å². The fraction of sp³-hybridized carbons (Fsp3) is 0.364. The van der Waals surface area contributed by atoms with Gasteiger partial charge in [-0.3, -0.25) is 10.1 Å². The Bertz CT molecular complexity index is 381. The van der Waals surface area contributed by atoms with E-state index < -0.39 is 4.92 Å². The van der Waals surface area contributed by atoms with E-state index in [2.05, 4.69) is 11.4 Å². The maximum Gasteiger partial charge on any atom is 0.269 e. The summed E-state index contributed by atoms with van der Waals surface area (Å²) in [5, 5.41) is 21.9. The van der Waals surface area contributed by atoms with Crippen LogP contribution in [0.1, 0.15) is 19.3 Å². The van der Waals surface area contributed by atoms with Crippen molar-refractivity contribution in [1.82, 2.24) is 0 Å². The second-order valence-corrected chi connectivity index (χ2v) is 3.35. The minimum atomic E-state index is -0.420. The monoisotopic (exact) mass is 219 g/mol. The van der Waals surface area contributed by atoms with Crippen LogP contribution in [0.4, 0.5) is 11.4 Å². The molecular weight excluding hydrogens is 206 g/mol. The van der Waals surface area contributed by atoms with Gasteiger partial charge in [0.15, 0.2) is 0 Å². The van der Waals surface area contributed by atoms with Crippen molar-refractivity contribution in [2.75, 3.05) is 11.9 Å². The molecule has 5 heteroatoms. The fourth-order valence-corrected chi connectivity index (χ4v) is 1.26. The average molecular weight is 219 g/mol. The van der Waals surface area contributed by atoms with Crippen LogP contribution in [0, 0.1) is 21.4 Å². The van der Waals surface area contributed by atoms with Gasteiger partial charge in [-0.2, -0.15) is 5.26 Å². The average Bonchev–Trinajstić information content (AvgIpc) is 2.29. The van der Waals surface area contributed by atoms with E-state index >= 15 is 0 Å². The van der Waals surface area contributed by atoms with Crippen molar-refractivity contribution in [3.8, 4) is 6.07 Å².